The second kappa shape index (κ2) is 8.92. The van der Waals surface area contributed by atoms with Crippen LogP contribution in [0, 0.1) is 5.92 Å². The Morgan fingerprint density at radius 2 is 1.87 bits per heavy atom. The van der Waals surface area contributed by atoms with Gasteiger partial charge in [0.1, 0.15) is 5.75 Å². The Morgan fingerprint density at radius 1 is 1.13 bits per heavy atom. The molecule has 1 aromatic carbocycles. The number of carbonyl (C=O) groups excluding carboxylic acids is 1. The zero-order valence-electron chi connectivity index (χ0n) is 14.8. The highest BCUT2D eigenvalue weighted by molar-refractivity contribution is 5.76. The third-order valence-corrected chi connectivity index (χ3v) is 4.44. The molecule has 128 valence electrons. The maximum atomic E-state index is 12.3. The van der Waals surface area contributed by atoms with Crippen LogP contribution < -0.4 is 4.74 Å². The van der Waals surface area contributed by atoms with E-state index in [-0.39, 0.29) is 0 Å². The molecule has 0 aliphatic carbocycles. The van der Waals surface area contributed by atoms with Gasteiger partial charge in [0.2, 0.25) is 5.91 Å². The normalized spacial score (nSPS) is 16.4. The highest BCUT2D eigenvalue weighted by Crippen LogP contribution is 2.15. The summed E-state index contributed by atoms with van der Waals surface area (Å²) in [6.07, 6.45) is 2.74. The standard InChI is InChI=1S/C19H30N2O2/c1-16(2)5-10-19(22)21-12-4-11-20(13-14-21)15-17-6-8-18(23-3)9-7-17/h6-9,16H,4-5,10-15H2,1-3H3. The fourth-order valence-electron chi connectivity index (χ4n) is 2.94. The molecule has 2 rings (SSSR count). The van der Waals surface area contributed by atoms with Crippen molar-refractivity contribution in [1.82, 2.24) is 9.80 Å². The van der Waals surface area contributed by atoms with Gasteiger partial charge in [0.15, 0.2) is 0 Å². The van der Waals surface area contributed by atoms with Crippen molar-refractivity contribution in [3.63, 3.8) is 0 Å². The van der Waals surface area contributed by atoms with Crippen molar-refractivity contribution in [3.05, 3.63) is 29.8 Å². The quantitative estimate of drug-likeness (QED) is 0.808. The van der Waals surface area contributed by atoms with E-state index in [9.17, 15) is 4.79 Å². The molecule has 1 aliphatic heterocycles. The SMILES string of the molecule is COc1ccc(CN2CCCN(C(=O)CCC(C)C)CC2)cc1. The van der Waals surface area contributed by atoms with E-state index in [1.54, 1.807) is 7.11 Å². The van der Waals surface area contributed by atoms with Crippen molar-refractivity contribution in [1.29, 1.82) is 0 Å². The summed E-state index contributed by atoms with van der Waals surface area (Å²) in [6.45, 7) is 9.05. The second-order valence-corrected chi connectivity index (χ2v) is 6.79. The van der Waals surface area contributed by atoms with Gasteiger partial charge in [0.25, 0.3) is 0 Å². The predicted molar refractivity (Wildman–Crippen MR) is 93.5 cm³/mol. The third kappa shape index (κ3) is 5.87. The molecule has 1 aliphatic rings. The summed E-state index contributed by atoms with van der Waals surface area (Å²) in [4.78, 5) is 16.8. The van der Waals surface area contributed by atoms with Crippen LogP contribution in [0.1, 0.15) is 38.7 Å². The molecule has 23 heavy (non-hydrogen) atoms. The number of carbonyl (C=O) groups is 1. The Hall–Kier alpha value is -1.55. The average Bonchev–Trinajstić information content (AvgIpc) is 2.79. The highest BCUT2D eigenvalue weighted by atomic mass is 16.5. The monoisotopic (exact) mass is 318 g/mol. The molecule has 1 aromatic rings. The number of hydrogen-bond acceptors (Lipinski definition) is 3. The first-order chi connectivity index (χ1) is 11.1. The van der Waals surface area contributed by atoms with E-state index in [0.717, 1.165) is 51.3 Å². The summed E-state index contributed by atoms with van der Waals surface area (Å²) in [5.41, 5.74) is 1.30. The summed E-state index contributed by atoms with van der Waals surface area (Å²) in [5.74, 6) is 1.81. The Kier molecular flexibility index (Phi) is 6.90. The summed E-state index contributed by atoms with van der Waals surface area (Å²) in [5, 5.41) is 0. The van der Waals surface area contributed by atoms with Gasteiger partial charge in [-0.25, -0.2) is 0 Å². The molecule has 4 heteroatoms. The topological polar surface area (TPSA) is 32.8 Å². The van der Waals surface area contributed by atoms with Gasteiger partial charge in [0.05, 0.1) is 7.11 Å². The van der Waals surface area contributed by atoms with Crippen molar-refractivity contribution in [2.24, 2.45) is 5.92 Å². The van der Waals surface area contributed by atoms with Gasteiger partial charge in [-0.15, -0.1) is 0 Å². The van der Waals surface area contributed by atoms with Crippen LogP contribution in [0.4, 0.5) is 0 Å². The van der Waals surface area contributed by atoms with Crippen molar-refractivity contribution in [2.45, 2.75) is 39.7 Å². The minimum atomic E-state index is 0.324. The van der Waals surface area contributed by atoms with Gasteiger partial charge >= 0.3 is 0 Å². The average molecular weight is 318 g/mol. The van der Waals surface area contributed by atoms with Crippen molar-refractivity contribution in [3.8, 4) is 5.75 Å². The van der Waals surface area contributed by atoms with E-state index in [1.807, 2.05) is 12.1 Å². The Morgan fingerprint density at radius 3 is 2.52 bits per heavy atom. The van der Waals surface area contributed by atoms with Crippen molar-refractivity contribution < 1.29 is 9.53 Å². The molecule has 0 saturated carbocycles. The molecule has 1 amide bonds. The number of methoxy groups -OCH3 is 1. The molecule has 0 radical (unpaired) electrons. The van der Waals surface area contributed by atoms with E-state index in [0.29, 0.717) is 18.2 Å². The maximum absolute atomic E-state index is 12.3. The van der Waals surface area contributed by atoms with Crippen LogP contribution in [0.25, 0.3) is 0 Å². The zero-order chi connectivity index (χ0) is 16.7. The lowest BCUT2D eigenvalue weighted by Crippen LogP contribution is -2.35. The van der Waals surface area contributed by atoms with Gasteiger partial charge in [-0.3, -0.25) is 9.69 Å². The van der Waals surface area contributed by atoms with Gasteiger partial charge in [-0.05, 0) is 36.5 Å². The van der Waals surface area contributed by atoms with E-state index < -0.39 is 0 Å². The molecular weight excluding hydrogens is 288 g/mol. The number of ether oxygens (including phenoxy) is 1. The maximum Gasteiger partial charge on any atom is 0.222 e. The van der Waals surface area contributed by atoms with Crippen LogP contribution in [0.3, 0.4) is 0 Å². The van der Waals surface area contributed by atoms with E-state index in [1.165, 1.54) is 5.56 Å². The molecule has 0 spiro atoms. The molecule has 0 unspecified atom stereocenters. The zero-order valence-corrected chi connectivity index (χ0v) is 14.8. The Balaban J connectivity index is 1.81. The lowest BCUT2D eigenvalue weighted by molar-refractivity contribution is -0.131. The first kappa shape index (κ1) is 17.8. The molecule has 1 fully saturated rings. The van der Waals surface area contributed by atoms with Crippen molar-refractivity contribution >= 4 is 5.91 Å². The molecular formula is C19H30N2O2. The third-order valence-electron chi connectivity index (χ3n) is 4.44. The molecule has 1 heterocycles. The number of benzene rings is 1. The minimum Gasteiger partial charge on any atom is -0.497 e. The van der Waals surface area contributed by atoms with Crippen LogP contribution in [-0.2, 0) is 11.3 Å². The minimum absolute atomic E-state index is 0.324. The molecule has 0 bridgehead atoms. The summed E-state index contributed by atoms with van der Waals surface area (Å²) >= 11 is 0. The van der Waals surface area contributed by atoms with Crippen LogP contribution in [0.15, 0.2) is 24.3 Å². The lowest BCUT2D eigenvalue weighted by atomic mass is 10.1. The first-order valence-corrected chi connectivity index (χ1v) is 8.71. The first-order valence-electron chi connectivity index (χ1n) is 8.71. The summed E-state index contributed by atoms with van der Waals surface area (Å²) in [6, 6.07) is 8.26. The number of amides is 1. The lowest BCUT2D eigenvalue weighted by Gasteiger charge is -2.22. The number of rotatable bonds is 6. The van der Waals surface area contributed by atoms with Gasteiger partial charge < -0.3 is 9.64 Å². The molecule has 1 saturated heterocycles. The van der Waals surface area contributed by atoms with E-state index in [2.05, 4.69) is 35.8 Å². The molecule has 4 nitrogen and oxygen atoms in total. The van der Waals surface area contributed by atoms with Gasteiger partial charge in [0, 0.05) is 39.1 Å². The van der Waals surface area contributed by atoms with E-state index in [4.69, 9.17) is 4.74 Å². The van der Waals surface area contributed by atoms with Gasteiger partial charge in [-0.2, -0.15) is 0 Å². The van der Waals surface area contributed by atoms with Gasteiger partial charge in [-0.1, -0.05) is 26.0 Å². The fourth-order valence-corrected chi connectivity index (χ4v) is 2.94. The van der Waals surface area contributed by atoms with Crippen molar-refractivity contribution in [2.75, 3.05) is 33.3 Å². The summed E-state index contributed by atoms with van der Waals surface area (Å²) in [7, 11) is 1.69. The largest absolute Gasteiger partial charge is 0.497 e. The predicted octanol–water partition coefficient (Wildman–Crippen LogP) is 3.17. The Bertz CT molecular complexity index is 485. The van der Waals surface area contributed by atoms with E-state index >= 15 is 0 Å². The molecule has 0 aromatic heterocycles. The number of hydrogen-bond donors (Lipinski definition) is 0. The number of nitrogens with zero attached hydrogens (tertiary/aromatic N) is 2. The molecule has 0 atom stereocenters. The van der Waals surface area contributed by atoms with Crippen LogP contribution >= 0.6 is 0 Å². The Labute approximate surface area is 140 Å². The van der Waals surface area contributed by atoms with Crippen LogP contribution in [-0.4, -0.2) is 49.0 Å². The summed E-state index contributed by atoms with van der Waals surface area (Å²) < 4.78 is 5.20. The molecule has 0 N–H and O–H groups in total. The fraction of sp³-hybridized carbons (Fsp3) is 0.632. The smallest absolute Gasteiger partial charge is 0.222 e. The highest BCUT2D eigenvalue weighted by Gasteiger charge is 2.19. The van der Waals surface area contributed by atoms with Crippen LogP contribution in [0.2, 0.25) is 0 Å². The second-order valence-electron chi connectivity index (χ2n) is 6.79. The van der Waals surface area contributed by atoms with Crippen LogP contribution in [0.5, 0.6) is 5.75 Å².